The Morgan fingerprint density at radius 3 is 1.93 bits per heavy atom. The summed E-state index contributed by atoms with van der Waals surface area (Å²) in [4.78, 5) is 0. The molecule has 0 amide bonds. The molecule has 0 saturated carbocycles. The van der Waals surface area contributed by atoms with Crippen LogP contribution in [-0.2, 0) is 27.1 Å². The Morgan fingerprint density at radius 1 is 0.543 bits per heavy atom. The summed E-state index contributed by atoms with van der Waals surface area (Å²) in [5.74, 6) is 0. The number of aromatic nitrogens is 1. The maximum absolute atomic E-state index is 4.10. The number of nitrogens with one attached hydrogen (secondary N) is 1. The standard InChI is InChI=1S/C66H60BN2S/c1-62(2,3)36-24-26-37(27-25-36)68-51-35-55-42(39-19-14-17-23-54(39)70-55)30-43(51)58-59-56(40-20-13-16-22-46(40)66(59,10)11)57-44-31-48-49(64(6,7)29-28-63(48,4)5)34-52(44)69-53-33-47-41(32-50(53)67-60(58)61(57)69)38-18-12-15-21-45(38)65(47,8)9/h12-27,30-35,68H,28-29H2,1-11H3. The molecule has 0 fully saturated rings. The Morgan fingerprint density at radius 2 is 1.20 bits per heavy atom. The van der Waals surface area contributed by atoms with Gasteiger partial charge in [-0.05, 0) is 150 Å². The lowest BCUT2D eigenvalue weighted by atomic mass is 9.56. The van der Waals surface area contributed by atoms with Crippen LogP contribution in [0.4, 0.5) is 11.4 Å². The summed E-state index contributed by atoms with van der Waals surface area (Å²) >= 11 is 1.90. The van der Waals surface area contributed by atoms with Crippen molar-refractivity contribution < 1.29 is 0 Å². The van der Waals surface area contributed by atoms with Crippen molar-refractivity contribution in [3.63, 3.8) is 0 Å². The van der Waals surface area contributed by atoms with Crippen molar-refractivity contribution in [1.82, 2.24) is 4.57 Å². The summed E-state index contributed by atoms with van der Waals surface area (Å²) in [6.45, 7) is 26.7. The van der Waals surface area contributed by atoms with E-state index in [1.54, 1.807) is 0 Å². The normalized spacial score (nSPS) is 17.2. The molecular formula is C66H60BN2S. The van der Waals surface area contributed by atoms with E-state index in [-0.39, 0.29) is 27.1 Å². The molecule has 0 unspecified atom stereocenters. The molecule has 14 rings (SSSR count). The monoisotopic (exact) mass is 923 g/mol. The zero-order valence-electron chi connectivity index (χ0n) is 42.5. The van der Waals surface area contributed by atoms with Crippen LogP contribution in [0.2, 0.25) is 0 Å². The lowest BCUT2D eigenvalue weighted by Crippen LogP contribution is -2.39. The molecule has 3 aliphatic carbocycles. The van der Waals surface area contributed by atoms with E-state index < -0.39 is 0 Å². The van der Waals surface area contributed by atoms with Gasteiger partial charge in [0.15, 0.2) is 7.28 Å². The van der Waals surface area contributed by atoms with Gasteiger partial charge in [0.2, 0.25) is 0 Å². The van der Waals surface area contributed by atoms with Crippen LogP contribution in [-0.4, -0.2) is 11.8 Å². The minimum Gasteiger partial charge on any atom is -0.355 e. The van der Waals surface area contributed by atoms with Gasteiger partial charge in [-0.2, -0.15) is 0 Å². The van der Waals surface area contributed by atoms with E-state index in [4.69, 9.17) is 0 Å². The van der Waals surface area contributed by atoms with Crippen molar-refractivity contribution in [2.24, 2.45) is 0 Å². The Kier molecular flexibility index (Phi) is 8.34. The number of hydrogen-bond acceptors (Lipinski definition) is 2. The quantitative estimate of drug-likeness (QED) is 0.175. The Labute approximate surface area is 418 Å². The molecule has 343 valence electrons. The Hall–Kier alpha value is -6.36. The van der Waals surface area contributed by atoms with Crippen molar-refractivity contribution in [1.29, 1.82) is 0 Å². The molecule has 4 aliphatic rings. The summed E-state index contributed by atoms with van der Waals surface area (Å²) in [6.07, 6.45) is 2.34. The highest BCUT2D eigenvalue weighted by molar-refractivity contribution is 7.25. The zero-order valence-corrected chi connectivity index (χ0v) is 43.4. The summed E-state index contributed by atoms with van der Waals surface area (Å²) < 4.78 is 5.35. The number of thiophene rings is 1. The molecule has 0 atom stereocenters. The van der Waals surface area contributed by atoms with Gasteiger partial charge < -0.3 is 9.88 Å². The molecule has 1 radical (unpaired) electrons. The van der Waals surface area contributed by atoms with Crippen molar-refractivity contribution in [3.05, 3.63) is 172 Å². The molecule has 2 nitrogen and oxygen atoms in total. The van der Waals surface area contributed by atoms with Gasteiger partial charge in [0.1, 0.15) is 0 Å². The predicted molar refractivity (Wildman–Crippen MR) is 303 cm³/mol. The lowest BCUT2D eigenvalue weighted by molar-refractivity contribution is 0.332. The number of hydrogen-bond donors (Lipinski definition) is 1. The molecule has 0 saturated heterocycles. The molecular weight excluding hydrogens is 864 g/mol. The first-order valence-corrected chi connectivity index (χ1v) is 26.4. The highest BCUT2D eigenvalue weighted by Crippen LogP contribution is 2.59. The molecule has 2 aromatic heterocycles. The molecule has 4 heteroatoms. The van der Waals surface area contributed by atoms with Crippen LogP contribution in [0.3, 0.4) is 0 Å². The van der Waals surface area contributed by atoms with Gasteiger partial charge in [-0.15, -0.1) is 11.3 Å². The van der Waals surface area contributed by atoms with Crippen LogP contribution in [0, 0.1) is 0 Å². The maximum Gasteiger partial charge on any atom is 0.197 e. The summed E-state index contributed by atoms with van der Waals surface area (Å²) in [7, 11) is 2.60. The van der Waals surface area contributed by atoms with Gasteiger partial charge in [0.25, 0.3) is 0 Å². The summed E-state index contributed by atoms with van der Waals surface area (Å²) in [5, 5.41) is 9.49. The summed E-state index contributed by atoms with van der Waals surface area (Å²) in [6, 6.07) is 52.1. The van der Waals surface area contributed by atoms with Gasteiger partial charge in [0, 0.05) is 69.9 Å². The van der Waals surface area contributed by atoms with E-state index in [1.807, 2.05) is 11.3 Å². The lowest BCUT2D eigenvalue weighted by Gasteiger charge is -2.42. The average Bonchev–Trinajstić information content (AvgIpc) is 4.00. The fraction of sp³-hybridized carbons (Fsp3) is 0.273. The second-order valence-electron chi connectivity index (χ2n) is 24.7. The Bertz CT molecular complexity index is 3970. The Balaban J connectivity index is 1.17. The van der Waals surface area contributed by atoms with Crippen molar-refractivity contribution >= 4 is 82.9 Å². The number of nitrogens with zero attached hydrogens (tertiary/aromatic N) is 1. The van der Waals surface area contributed by atoms with Crippen LogP contribution in [0.1, 0.15) is 128 Å². The van der Waals surface area contributed by atoms with Crippen molar-refractivity contribution in [2.75, 3.05) is 5.32 Å². The number of anilines is 2. The van der Waals surface area contributed by atoms with Gasteiger partial charge in [-0.1, -0.05) is 167 Å². The molecule has 1 aliphatic heterocycles. The smallest absolute Gasteiger partial charge is 0.197 e. The second kappa shape index (κ2) is 13.7. The first kappa shape index (κ1) is 42.5. The van der Waals surface area contributed by atoms with Crippen LogP contribution in [0.5, 0.6) is 0 Å². The first-order chi connectivity index (χ1) is 33.3. The van der Waals surface area contributed by atoms with Gasteiger partial charge in [-0.3, -0.25) is 0 Å². The van der Waals surface area contributed by atoms with Crippen molar-refractivity contribution in [2.45, 2.75) is 116 Å². The third-order valence-corrected chi connectivity index (χ3v) is 18.9. The van der Waals surface area contributed by atoms with E-state index in [0.717, 1.165) is 11.4 Å². The topological polar surface area (TPSA) is 17.0 Å². The highest BCUT2D eigenvalue weighted by atomic mass is 32.1. The van der Waals surface area contributed by atoms with Gasteiger partial charge in [0.05, 0.1) is 5.52 Å². The largest absolute Gasteiger partial charge is 0.355 e. The summed E-state index contributed by atoms with van der Waals surface area (Å²) in [5.41, 5.74) is 26.5. The molecule has 10 aromatic rings. The van der Waals surface area contributed by atoms with Crippen LogP contribution in [0.25, 0.3) is 81.0 Å². The minimum absolute atomic E-state index is 0.0515. The fourth-order valence-corrected chi connectivity index (χ4v) is 14.9. The van der Waals surface area contributed by atoms with Gasteiger partial charge >= 0.3 is 0 Å². The third-order valence-electron chi connectivity index (χ3n) is 17.8. The van der Waals surface area contributed by atoms with Crippen LogP contribution in [0.15, 0.2) is 133 Å². The zero-order chi connectivity index (χ0) is 48.2. The molecule has 8 aromatic carbocycles. The number of rotatable bonds is 3. The molecule has 0 bridgehead atoms. The molecule has 3 heterocycles. The predicted octanol–water partition coefficient (Wildman–Crippen LogP) is 16.8. The van der Waals surface area contributed by atoms with E-state index >= 15 is 0 Å². The van der Waals surface area contributed by atoms with E-state index in [2.05, 4.69) is 227 Å². The van der Waals surface area contributed by atoms with E-state index in [9.17, 15) is 0 Å². The highest BCUT2D eigenvalue weighted by Gasteiger charge is 2.45. The van der Waals surface area contributed by atoms with Gasteiger partial charge in [-0.25, -0.2) is 0 Å². The van der Waals surface area contributed by atoms with Crippen LogP contribution < -0.4 is 16.2 Å². The fourth-order valence-electron chi connectivity index (χ4n) is 13.8. The maximum atomic E-state index is 4.10. The SMILES string of the molecule is CC(C)(C)c1ccc(Nc2cc3sc4ccccc4c3cc2-c2c3c(c4c5cc6c(cc5n5c4c2[B]c2cc4c(cc2-5)C(C)(C)c2ccccc2-4)C(C)(C)CCC6(C)C)-c2ccccc2C3(C)C)cc1. The third kappa shape index (κ3) is 5.58. The average molecular weight is 924 g/mol. The second-order valence-corrected chi connectivity index (χ2v) is 25.8. The van der Waals surface area contributed by atoms with Crippen LogP contribution >= 0.6 is 11.3 Å². The molecule has 70 heavy (non-hydrogen) atoms. The van der Waals surface area contributed by atoms with E-state index in [0.29, 0.717) is 0 Å². The molecule has 0 spiro atoms. The number of benzene rings is 8. The van der Waals surface area contributed by atoms with Crippen molar-refractivity contribution in [3.8, 4) is 39.1 Å². The minimum atomic E-state index is -0.303. The first-order valence-electron chi connectivity index (χ1n) is 25.6. The van der Waals surface area contributed by atoms with E-state index in [1.165, 1.54) is 144 Å². The number of fused-ring (bicyclic) bond motifs is 16. The molecule has 1 N–H and O–H groups in total.